The van der Waals surface area contributed by atoms with Gasteiger partial charge in [-0.15, -0.1) is 0 Å². The first-order chi connectivity index (χ1) is 15.8. The van der Waals surface area contributed by atoms with E-state index < -0.39 is 10.0 Å². The summed E-state index contributed by atoms with van der Waals surface area (Å²) in [4.78, 5) is 16.3. The molecule has 4 rings (SSSR count). The molecule has 0 unspecified atom stereocenters. The summed E-state index contributed by atoms with van der Waals surface area (Å²) in [6.45, 7) is 0. The number of para-hydroxylation sites is 3. The van der Waals surface area contributed by atoms with Crippen molar-refractivity contribution in [3.8, 4) is 17.0 Å². The molecule has 0 saturated carbocycles. The standard InChI is InChI=1S/C25H25N3O4S/c1-32-18-13-11-17(12-14-18)25-20(19-7-3-4-8-21(19)27-25)15-16-24(29)26-22-9-5-6-10-23(22)28-33(2,30)31/h3-14,27-28H,15-16H2,1-2H3,(H,26,29). The van der Waals surface area contributed by atoms with E-state index in [9.17, 15) is 13.2 Å². The van der Waals surface area contributed by atoms with Gasteiger partial charge in [-0.1, -0.05) is 30.3 Å². The smallest absolute Gasteiger partial charge is 0.229 e. The summed E-state index contributed by atoms with van der Waals surface area (Å²) in [5.74, 6) is 0.570. The Bertz CT molecular complexity index is 1390. The Hall–Kier alpha value is -3.78. The van der Waals surface area contributed by atoms with Crippen molar-refractivity contribution in [3.63, 3.8) is 0 Å². The fourth-order valence-electron chi connectivity index (χ4n) is 3.80. The lowest BCUT2D eigenvalue weighted by Crippen LogP contribution is -2.16. The number of carbonyl (C=O) groups is 1. The second-order valence-electron chi connectivity index (χ2n) is 7.72. The van der Waals surface area contributed by atoms with Gasteiger partial charge in [-0.05, 0) is 60.0 Å². The first-order valence-corrected chi connectivity index (χ1v) is 12.3. The molecule has 0 aliphatic rings. The van der Waals surface area contributed by atoms with Crippen LogP contribution in [0.4, 0.5) is 11.4 Å². The number of amides is 1. The van der Waals surface area contributed by atoms with Crippen LogP contribution in [0.15, 0.2) is 72.8 Å². The third-order valence-corrected chi connectivity index (χ3v) is 5.88. The van der Waals surface area contributed by atoms with Gasteiger partial charge in [0.1, 0.15) is 5.75 Å². The lowest BCUT2D eigenvalue weighted by molar-refractivity contribution is -0.116. The van der Waals surface area contributed by atoms with Crippen molar-refractivity contribution < 1.29 is 17.9 Å². The predicted octanol–water partition coefficient (Wildman–Crippen LogP) is 4.79. The highest BCUT2D eigenvalue weighted by molar-refractivity contribution is 7.92. The van der Waals surface area contributed by atoms with Gasteiger partial charge in [0.15, 0.2) is 0 Å². The number of nitrogens with one attached hydrogen (secondary N) is 3. The van der Waals surface area contributed by atoms with Gasteiger partial charge in [-0.25, -0.2) is 8.42 Å². The minimum absolute atomic E-state index is 0.205. The van der Waals surface area contributed by atoms with Crippen LogP contribution < -0.4 is 14.8 Å². The molecule has 1 aromatic heterocycles. The molecule has 0 fully saturated rings. The average Bonchev–Trinajstić information content (AvgIpc) is 3.17. The maximum Gasteiger partial charge on any atom is 0.229 e. The molecule has 0 radical (unpaired) electrons. The molecule has 0 saturated heterocycles. The summed E-state index contributed by atoms with van der Waals surface area (Å²) in [5, 5.41) is 3.89. The van der Waals surface area contributed by atoms with Crippen LogP contribution in [0.25, 0.3) is 22.2 Å². The van der Waals surface area contributed by atoms with E-state index in [0.29, 0.717) is 17.8 Å². The van der Waals surface area contributed by atoms with Gasteiger partial charge in [0.2, 0.25) is 15.9 Å². The summed E-state index contributed by atoms with van der Waals surface area (Å²) < 4.78 is 30.9. The Kier molecular flexibility index (Phi) is 6.37. The number of aromatic amines is 1. The second-order valence-corrected chi connectivity index (χ2v) is 9.47. The lowest BCUT2D eigenvalue weighted by atomic mass is 10.0. The molecular weight excluding hydrogens is 438 g/mol. The Morgan fingerprint density at radius 1 is 0.939 bits per heavy atom. The molecule has 0 atom stereocenters. The molecule has 0 aliphatic carbocycles. The number of anilines is 2. The van der Waals surface area contributed by atoms with Crippen molar-refractivity contribution in [2.75, 3.05) is 23.4 Å². The Morgan fingerprint density at radius 3 is 2.30 bits per heavy atom. The van der Waals surface area contributed by atoms with E-state index in [2.05, 4.69) is 15.0 Å². The van der Waals surface area contributed by atoms with Gasteiger partial charge in [-0.2, -0.15) is 0 Å². The quantitative estimate of drug-likeness (QED) is 0.350. The molecule has 8 heteroatoms. The van der Waals surface area contributed by atoms with Crippen molar-refractivity contribution in [3.05, 3.63) is 78.4 Å². The van der Waals surface area contributed by atoms with Crippen LogP contribution in [0.5, 0.6) is 5.75 Å². The zero-order valence-corrected chi connectivity index (χ0v) is 19.2. The first kappa shape index (κ1) is 22.4. The normalized spacial score (nSPS) is 11.3. The summed E-state index contributed by atoms with van der Waals surface area (Å²) in [5.41, 5.74) is 4.77. The minimum Gasteiger partial charge on any atom is -0.497 e. The molecule has 7 nitrogen and oxygen atoms in total. The molecule has 3 aromatic carbocycles. The highest BCUT2D eigenvalue weighted by atomic mass is 32.2. The third kappa shape index (κ3) is 5.35. The molecule has 1 heterocycles. The topological polar surface area (TPSA) is 100 Å². The summed E-state index contributed by atoms with van der Waals surface area (Å²) in [6.07, 6.45) is 1.82. The molecule has 33 heavy (non-hydrogen) atoms. The molecule has 3 N–H and O–H groups in total. The number of carbonyl (C=O) groups excluding carboxylic acids is 1. The predicted molar refractivity (Wildman–Crippen MR) is 132 cm³/mol. The zero-order valence-electron chi connectivity index (χ0n) is 18.4. The van der Waals surface area contributed by atoms with Crippen molar-refractivity contribution in [2.45, 2.75) is 12.8 Å². The number of aromatic nitrogens is 1. The van der Waals surface area contributed by atoms with Crippen LogP contribution in [-0.4, -0.2) is 32.7 Å². The summed E-state index contributed by atoms with van der Waals surface area (Å²) in [6, 6.07) is 22.5. The van der Waals surface area contributed by atoms with Crippen LogP contribution in [0, 0.1) is 0 Å². The van der Waals surface area contributed by atoms with E-state index in [4.69, 9.17) is 4.74 Å². The third-order valence-electron chi connectivity index (χ3n) is 5.29. The van der Waals surface area contributed by atoms with Gasteiger partial charge < -0.3 is 15.0 Å². The Balaban J connectivity index is 1.57. The molecule has 4 aromatic rings. The largest absolute Gasteiger partial charge is 0.497 e. The van der Waals surface area contributed by atoms with Gasteiger partial charge >= 0.3 is 0 Å². The van der Waals surface area contributed by atoms with Gasteiger partial charge in [-0.3, -0.25) is 9.52 Å². The zero-order chi connectivity index (χ0) is 23.4. The van der Waals surface area contributed by atoms with E-state index in [0.717, 1.165) is 39.7 Å². The van der Waals surface area contributed by atoms with E-state index in [-0.39, 0.29) is 12.3 Å². The molecule has 170 valence electrons. The lowest BCUT2D eigenvalue weighted by Gasteiger charge is -2.12. The van der Waals surface area contributed by atoms with Crippen LogP contribution in [-0.2, 0) is 21.2 Å². The maximum absolute atomic E-state index is 12.8. The van der Waals surface area contributed by atoms with E-state index in [1.54, 1.807) is 31.4 Å². The number of rotatable bonds is 8. The van der Waals surface area contributed by atoms with Gasteiger partial charge in [0.05, 0.1) is 24.7 Å². The van der Waals surface area contributed by atoms with Crippen LogP contribution in [0.2, 0.25) is 0 Å². The Morgan fingerprint density at radius 2 is 1.61 bits per heavy atom. The highest BCUT2D eigenvalue weighted by Gasteiger charge is 2.16. The van der Waals surface area contributed by atoms with Crippen molar-refractivity contribution in [1.29, 1.82) is 0 Å². The molecular formula is C25H25N3O4S. The number of hydrogen-bond donors (Lipinski definition) is 3. The SMILES string of the molecule is COc1ccc(-c2[nH]c3ccccc3c2CCC(=O)Nc2ccccc2NS(C)(=O)=O)cc1. The van der Waals surface area contributed by atoms with Crippen LogP contribution in [0.3, 0.4) is 0 Å². The molecule has 1 amide bonds. The number of sulfonamides is 1. The second kappa shape index (κ2) is 9.38. The molecule has 0 aliphatic heterocycles. The van der Waals surface area contributed by atoms with Gasteiger partial charge in [0, 0.05) is 23.0 Å². The Labute approximate surface area is 192 Å². The number of aryl methyl sites for hydroxylation is 1. The average molecular weight is 464 g/mol. The van der Waals surface area contributed by atoms with Gasteiger partial charge in [0.25, 0.3) is 0 Å². The maximum atomic E-state index is 12.8. The number of fused-ring (bicyclic) bond motifs is 1. The van der Waals surface area contributed by atoms with Crippen molar-refractivity contribution >= 4 is 38.2 Å². The van der Waals surface area contributed by atoms with E-state index in [1.165, 1.54) is 0 Å². The number of methoxy groups -OCH3 is 1. The highest BCUT2D eigenvalue weighted by Crippen LogP contribution is 2.32. The number of ether oxygens (including phenoxy) is 1. The monoisotopic (exact) mass is 463 g/mol. The fraction of sp³-hybridized carbons (Fsp3) is 0.160. The van der Waals surface area contributed by atoms with Crippen LogP contribution in [0.1, 0.15) is 12.0 Å². The van der Waals surface area contributed by atoms with E-state index in [1.807, 2.05) is 48.5 Å². The minimum atomic E-state index is -3.46. The van der Waals surface area contributed by atoms with E-state index >= 15 is 0 Å². The molecule has 0 bridgehead atoms. The van der Waals surface area contributed by atoms with Crippen LogP contribution >= 0.6 is 0 Å². The van der Waals surface area contributed by atoms with Crippen molar-refractivity contribution in [1.82, 2.24) is 4.98 Å². The molecule has 0 spiro atoms. The first-order valence-electron chi connectivity index (χ1n) is 10.4. The van der Waals surface area contributed by atoms with Crippen molar-refractivity contribution in [2.24, 2.45) is 0 Å². The number of benzene rings is 3. The summed E-state index contributed by atoms with van der Waals surface area (Å²) >= 11 is 0. The summed E-state index contributed by atoms with van der Waals surface area (Å²) in [7, 11) is -1.83. The number of hydrogen-bond acceptors (Lipinski definition) is 4. The number of H-pyrrole nitrogens is 1. The fourth-order valence-corrected chi connectivity index (χ4v) is 4.37.